The second kappa shape index (κ2) is 6.72. The Hall–Kier alpha value is -1.11. The number of hydrogen-bond acceptors (Lipinski definition) is 4. The van der Waals surface area contributed by atoms with E-state index in [4.69, 9.17) is 4.74 Å². The summed E-state index contributed by atoms with van der Waals surface area (Å²) in [5, 5.41) is 9.57. The number of phenols is 1. The van der Waals surface area contributed by atoms with Crippen LogP contribution in [0.25, 0.3) is 0 Å². The van der Waals surface area contributed by atoms with Gasteiger partial charge in [0, 0.05) is 13.2 Å². The van der Waals surface area contributed by atoms with Crippen LogP contribution in [0, 0.1) is 0 Å². The minimum Gasteiger partial charge on any atom is -0.507 e. The van der Waals surface area contributed by atoms with Gasteiger partial charge in [0.25, 0.3) is 0 Å². The van der Waals surface area contributed by atoms with Crippen molar-refractivity contribution < 1.29 is 18.3 Å². The lowest BCUT2D eigenvalue weighted by atomic mass is 10.2. The van der Waals surface area contributed by atoms with Crippen LogP contribution in [-0.4, -0.2) is 33.3 Å². The fourth-order valence-electron chi connectivity index (χ4n) is 1.69. The summed E-state index contributed by atoms with van der Waals surface area (Å²) in [6.07, 6.45) is 1.53. The van der Waals surface area contributed by atoms with E-state index in [-0.39, 0.29) is 16.7 Å². The maximum atomic E-state index is 12.1. The normalized spacial score (nSPS) is 13.4. The van der Waals surface area contributed by atoms with Crippen molar-refractivity contribution in [3.05, 3.63) is 24.3 Å². The molecule has 1 unspecified atom stereocenters. The van der Waals surface area contributed by atoms with Crippen molar-refractivity contribution in [3.8, 4) is 5.75 Å². The van der Waals surface area contributed by atoms with Gasteiger partial charge in [0.15, 0.2) is 0 Å². The van der Waals surface area contributed by atoms with Gasteiger partial charge < -0.3 is 9.84 Å². The fourth-order valence-corrected chi connectivity index (χ4v) is 3.05. The Balaban J connectivity index is 2.90. The third-order valence-corrected chi connectivity index (χ3v) is 4.05. The van der Waals surface area contributed by atoms with Crippen molar-refractivity contribution >= 4 is 10.0 Å². The van der Waals surface area contributed by atoms with Crippen molar-refractivity contribution in [2.24, 2.45) is 0 Å². The van der Waals surface area contributed by atoms with Crippen LogP contribution in [0.15, 0.2) is 29.2 Å². The molecular formula is C12H19NO4S. The number of nitrogens with one attached hydrogen (secondary N) is 1. The number of hydrogen-bond donors (Lipinski definition) is 2. The van der Waals surface area contributed by atoms with Gasteiger partial charge in [0.05, 0.1) is 6.61 Å². The largest absolute Gasteiger partial charge is 0.507 e. The molecule has 1 aromatic carbocycles. The van der Waals surface area contributed by atoms with E-state index in [1.54, 1.807) is 12.1 Å². The molecule has 5 nitrogen and oxygen atoms in total. The molecule has 1 rings (SSSR count). The zero-order valence-electron chi connectivity index (χ0n) is 10.6. The fraction of sp³-hybridized carbons (Fsp3) is 0.500. The second-order valence-electron chi connectivity index (χ2n) is 4.03. The second-order valence-corrected chi connectivity index (χ2v) is 5.71. The van der Waals surface area contributed by atoms with Gasteiger partial charge in [-0.2, -0.15) is 0 Å². The lowest BCUT2D eigenvalue weighted by Gasteiger charge is -2.17. The molecule has 0 aromatic heterocycles. The van der Waals surface area contributed by atoms with Gasteiger partial charge in [-0.25, -0.2) is 13.1 Å². The van der Waals surface area contributed by atoms with Crippen molar-refractivity contribution in [2.75, 3.05) is 13.7 Å². The quantitative estimate of drug-likeness (QED) is 0.789. The summed E-state index contributed by atoms with van der Waals surface area (Å²) in [6, 6.07) is 5.57. The van der Waals surface area contributed by atoms with Crippen LogP contribution in [0.5, 0.6) is 5.75 Å². The molecule has 102 valence electrons. The minimum absolute atomic E-state index is 0.109. The zero-order chi connectivity index (χ0) is 13.6. The van der Waals surface area contributed by atoms with Gasteiger partial charge in [-0.3, -0.25) is 0 Å². The number of rotatable bonds is 7. The first-order chi connectivity index (χ1) is 8.51. The molecule has 18 heavy (non-hydrogen) atoms. The average molecular weight is 273 g/mol. The molecule has 0 bridgehead atoms. The molecule has 0 aliphatic rings. The summed E-state index contributed by atoms with van der Waals surface area (Å²) in [5.74, 6) is -0.252. The van der Waals surface area contributed by atoms with E-state index in [0.29, 0.717) is 13.0 Å². The van der Waals surface area contributed by atoms with E-state index in [1.165, 1.54) is 19.2 Å². The first-order valence-corrected chi connectivity index (χ1v) is 7.28. The van der Waals surface area contributed by atoms with E-state index >= 15 is 0 Å². The Morgan fingerprint density at radius 1 is 1.39 bits per heavy atom. The molecule has 0 aliphatic heterocycles. The topological polar surface area (TPSA) is 75.6 Å². The van der Waals surface area contributed by atoms with Crippen LogP contribution in [0.3, 0.4) is 0 Å². The Kier molecular flexibility index (Phi) is 5.58. The zero-order valence-corrected chi connectivity index (χ0v) is 11.4. The van der Waals surface area contributed by atoms with Gasteiger partial charge >= 0.3 is 0 Å². The van der Waals surface area contributed by atoms with Crippen LogP contribution in [0.4, 0.5) is 0 Å². The van der Waals surface area contributed by atoms with Gasteiger partial charge in [0.2, 0.25) is 10.0 Å². The van der Waals surface area contributed by atoms with E-state index in [9.17, 15) is 13.5 Å². The van der Waals surface area contributed by atoms with Gasteiger partial charge in [-0.05, 0) is 18.6 Å². The lowest BCUT2D eigenvalue weighted by Crippen LogP contribution is -2.37. The molecule has 0 aliphatic carbocycles. The predicted octanol–water partition coefficient (Wildman–Crippen LogP) is 1.49. The number of aromatic hydroxyl groups is 1. The number of phenolic OH excluding ortho intramolecular Hbond substituents is 1. The highest BCUT2D eigenvalue weighted by molar-refractivity contribution is 7.89. The molecule has 0 heterocycles. The highest BCUT2D eigenvalue weighted by atomic mass is 32.2. The Morgan fingerprint density at radius 3 is 2.61 bits per heavy atom. The molecule has 1 aromatic rings. The third-order valence-electron chi connectivity index (χ3n) is 2.48. The van der Waals surface area contributed by atoms with E-state index in [0.717, 1.165) is 6.42 Å². The number of benzene rings is 1. The minimum atomic E-state index is -3.71. The average Bonchev–Trinajstić information content (AvgIpc) is 2.29. The summed E-state index contributed by atoms with van der Waals surface area (Å²) >= 11 is 0. The summed E-state index contributed by atoms with van der Waals surface area (Å²) in [7, 11) is -2.19. The van der Waals surface area contributed by atoms with Crippen LogP contribution >= 0.6 is 0 Å². The van der Waals surface area contributed by atoms with Crippen molar-refractivity contribution in [3.63, 3.8) is 0 Å². The molecule has 1 atom stereocenters. The number of sulfonamides is 1. The van der Waals surface area contributed by atoms with Crippen LogP contribution < -0.4 is 4.72 Å². The lowest BCUT2D eigenvalue weighted by molar-refractivity contribution is 0.171. The van der Waals surface area contributed by atoms with Gasteiger partial charge in [-0.1, -0.05) is 25.5 Å². The maximum absolute atomic E-state index is 12.1. The summed E-state index contributed by atoms with van der Waals surface area (Å²) in [5.41, 5.74) is 0. The summed E-state index contributed by atoms with van der Waals surface area (Å²) < 4.78 is 31.7. The van der Waals surface area contributed by atoms with Gasteiger partial charge in [-0.15, -0.1) is 0 Å². The monoisotopic (exact) mass is 273 g/mol. The molecular weight excluding hydrogens is 254 g/mol. The van der Waals surface area contributed by atoms with E-state index < -0.39 is 10.0 Å². The van der Waals surface area contributed by atoms with Crippen LogP contribution in [0.1, 0.15) is 19.8 Å². The molecule has 0 saturated heterocycles. The predicted molar refractivity (Wildman–Crippen MR) is 69.0 cm³/mol. The van der Waals surface area contributed by atoms with Gasteiger partial charge in [0.1, 0.15) is 10.6 Å². The highest BCUT2D eigenvalue weighted by Crippen LogP contribution is 2.21. The Bertz CT molecular complexity index is 467. The number of methoxy groups -OCH3 is 1. The van der Waals surface area contributed by atoms with Crippen molar-refractivity contribution in [1.29, 1.82) is 0 Å². The van der Waals surface area contributed by atoms with Crippen molar-refractivity contribution in [1.82, 2.24) is 4.72 Å². The molecule has 2 N–H and O–H groups in total. The molecule has 0 saturated carbocycles. The maximum Gasteiger partial charge on any atom is 0.244 e. The van der Waals surface area contributed by atoms with E-state index in [1.807, 2.05) is 6.92 Å². The SMILES string of the molecule is CCCC(COC)NS(=O)(=O)c1ccccc1O. The number of ether oxygens (including phenoxy) is 1. The van der Waals surface area contributed by atoms with E-state index in [2.05, 4.69) is 4.72 Å². The molecule has 0 fully saturated rings. The smallest absolute Gasteiger partial charge is 0.244 e. The Morgan fingerprint density at radius 2 is 2.06 bits per heavy atom. The standard InChI is InChI=1S/C12H19NO4S/c1-3-6-10(9-17-2)13-18(15,16)12-8-5-4-7-11(12)14/h4-5,7-8,10,13-14H,3,6,9H2,1-2H3. The molecule has 0 amide bonds. The first kappa shape index (κ1) is 14.9. The molecule has 0 spiro atoms. The summed E-state index contributed by atoms with van der Waals surface area (Å²) in [6.45, 7) is 2.28. The van der Waals surface area contributed by atoms with Crippen LogP contribution in [-0.2, 0) is 14.8 Å². The highest BCUT2D eigenvalue weighted by Gasteiger charge is 2.22. The Labute approximate surface area is 108 Å². The molecule has 6 heteroatoms. The van der Waals surface area contributed by atoms with Crippen molar-refractivity contribution in [2.45, 2.75) is 30.7 Å². The first-order valence-electron chi connectivity index (χ1n) is 5.80. The van der Waals surface area contributed by atoms with Crippen LogP contribution in [0.2, 0.25) is 0 Å². The number of para-hydroxylation sites is 1. The summed E-state index contributed by atoms with van der Waals surface area (Å²) in [4.78, 5) is -0.109. The third kappa shape index (κ3) is 3.97. The molecule has 0 radical (unpaired) electrons.